The third-order valence-electron chi connectivity index (χ3n) is 3.93. The van der Waals surface area contributed by atoms with Crippen LogP contribution in [0.5, 0.6) is 0 Å². The van der Waals surface area contributed by atoms with Gasteiger partial charge < -0.3 is 5.32 Å². The Hall–Kier alpha value is -2.95. The average Bonchev–Trinajstić information content (AvgIpc) is 2.84. The van der Waals surface area contributed by atoms with E-state index in [1.807, 2.05) is 24.3 Å². The van der Waals surface area contributed by atoms with Gasteiger partial charge in [-0.1, -0.05) is 30.8 Å². The van der Waals surface area contributed by atoms with Crippen LogP contribution in [0.4, 0.5) is 0 Å². The fourth-order valence-electron chi connectivity index (χ4n) is 2.67. The maximum Gasteiger partial charge on any atom is 0.259 e. The highest BCUT2D eigenvalue weighted by Crippen LogP contribution is 2.32. The summed E-state index contributed by atoms with van der Waals surface area (Å²) in [6, 6.07) is 10.3. The molecule has 0 aliphatic carbocycles. The third kappa shape index (κ3) is 2.73. The Labute approximate surface area is 134 Å². The lowest BCUT2D eigenvalue weighted by Gasteiger charge is -2.24. The van der Waals surface area contributed by atoms with Gasteiger partial charge in [-0.15, -0.1) is 0 Å². The molecule has 2 aromatic rings. The highest BCUT2D eigenvalue weighted by Gasteiger charge is 2.36. The quantitative estimate of drug-likeness (QED) is 0.942. The number of hydrogen-bond donors (Lipinski definition) is 1. The highest BCUT2D eigenvalue weighted by atomic mass is 16.2. The van der Waals surface area contributed by atoms with Gasteiger partial charge in [-0.2, -0.15) is 0 Å². The van der Waals surface area contributed by atoms with Gasteiger partial charge in [0.2, 0.25) is 5.91 Å². The summed E-state index contributed by atoms with van der Waals surface area (Å²) in [5, 5.41) is 2.83. The summed E-state index contributed by atoms with van der Waals surface area (Å²) in [6.07, 6.45) is 3.37. The summed E-state index contributed by atoms with van der Waals surface area (Å²) in [7, 11) is 0. The average molecular weight is 307 g/mol. The van der Waals surface area contributed by atoms with Gasteiger partial charge in [-0.3, -0.25) is 19.5 Å². The summed E-state index contributed by atoms with van der Waals surface area (Å²) in [4.78, 5) is 30.3. The first-order valence-corrected chi connectivity index (χ1v) is 7.38. The number of rotatable bonds is 4. The number of carbonyl (C=O) groups excluding carboxylic acids is 2. The van der Waals surface area contributed by atoms with E-state index in [1.165, 1.54) is 4.90 Å². The van der Waals surface area contributed by atoms with Crippen molar-refractivity contribution in [1.82, 2.24) is 15.2 Å². The number of nitrogens with zero attached hydrogens (tertiary/aromatic N) is 2. The van der Waals surface area contributed by atoms with Gasteiger partial charge in [0.15, 0.2) is 0 Å². The lowest BCUT2D eigenvalue weighted by molar-refractivity contribution is -0.124. The number of aromatic nitrogens is 1. The minimum atomic E-state index is -0.626. The van der Waals surface area contributed by atoms with Crippen LogP contribution in [-0.2, 0) is 11.3 Å². The first-order chi connectivity index (χ1) is 11.1. The minimum Gasteiger partial charge on any atom is -0.350 e. The second-order valence-electron chi connectivity index (χ2n) is 5.42. The summed E-state index contributed by atoms with van der Waals surface area (Å²) >= 11 is 0. The van der Waals surface area contributed by atoms with E-state index in [-0.39, 0.29) is 11.8 Å². The molecule has 116 valence electrons. The molecule has 1 aromatic heterocycles. The van der Waals surface area contributed by atoms with Crippen molar-refractivity contribution in [2.45, 2.75) is 19.5 Å². The van der Waals surface area contributed by atoms with E-state index >= 15 is 0 Å². The first kappa shape index (κ1) is 15.0. The van der Waals surface area contributed by atoms with Gasteiger partial charge in [0.05, 0.1) is 0 Å². The van der Waals surface area contributed by atoms with Crippen LogP contribution in [-0.4, -0.2) is 27.7 Å². The monoisotopic (exact) mass is 307 g/mol. The topological polar surface area (TPSA) is 62.3 Å². The fourth-order valence-corrected chi connectivity index (χ4v) is 2.67. The summed E-state index contributed by atoms with van der Waals surface area (Å²) in [5.41, 5.74) is 2.84. The molecular formula is C18H17N3O2. The third-order valence-corrected chi connectivity index (χ3v) is 3.93. The van der Waals surface area contributed by atoms with Crippen LogP contribution in [0.2, 0.25) is 0 Å². The second-order valence-corrected chi connectivity index (χ2v) is 5.42. The Morgan fingerprint density at radius 1 is 1.26 bits per heavy atom. The number of amides is 2. The zero-order valence-corrected chi connectivity index (χ0v) is 12.8. The molecule has 0 saturated carbocycles. The molecule has 0 spiro atoms. The number of benzene rings is 1. The molecule has 3 rings (SSSR count). The summed E-state index contributed by atoms with van der Waals surface area (Å²) in [5.74, 6) is -0.411. The van der Waals surface area contributed by atoms with E-state index in [0.717, 1.165) is 11.1 Å². The van der Waals surface area contributed by atoms with Gasteiger partial charge in [-0.25, -0.2) is 0 Å². The van der Waals surface area contributed by atoms with Gasteiger partial charge in [-0.05, 0) is 24.6 Å². The van der Waals surface area contributed by atoms with Crippen LogP contribution in [0.3, 0.4) is 0 Å². The summed E-state index contributed by atoms with van der Waals surface area (Å²) < 4.78 is 0. The van der Waals surface area contributed by atoms with E-state index in [2.05, 4.69) is 16.9 Å². The number of carbonyl (C=O) groups is 2. The molecule has 0 saturated heterocycles. The van der Waals surface area contributed by atoms with E-state index in [4.69, 9.17) is 0 Å². The van der Waals surface area contributed by atoms with Crippen molar-refractivity contribution in [2.75, 3.05) is 0 Å². The van der Waals surface area contributed by atoms with Crippen molar-refractivity contribution in [3.63, 3.8) is 0 Å². The Bertz CT molecular complexity index is 736. The van der Waals surface area contributed by atoms with Crippen LogP contribution >= 0.6 is 0 Å². The van der Waals surface area contributed by atoms with E-state index in [0.29, 0.717) is 17.8 Å². The lowest BCUT2D eigenvalue weighted by Crippen LogP contribution is -2.44. The zero-order chi connectivity index (χ0) is 16.4. The number of pyridine rings is 1. The second kappa shape index (κ2) is 6.04. The Morgan fingerprint density at radius 3 is 2.65 bits per heavy atom. The molecule has 5 heteroatoms. The van der Waals surface area contributed by atoms with Crippen LogP contribution in [0.1, 0.15) is 28.4 Å². The molecule has 2 amide bonds. The Balaban J connectivity index is 1.71. The van der Waals surface area contributed by atoms with Gasteiger partial charge in [0.1, 0.15) is 6.04 Å². The SMILES string of the molecule is C=C1c2ccccc2C(=O)N1C(C)C(=O)NCc1cccnc1. The van der Waals surface area contributed by atoms with Gasteiger partial charge in [0, 0.05) is 35.8 Å². The lowest BCUT2D eigenvalue weighted by atomic mass is 10.1. The van der Waals surface area contributed by atoms with Crippen molar-refractivity contribution in [3.05, 3.63) is 72.1 Å². The summed E-state index contributed by atoms with van der Waals surface area (Å²) in [6.45, 7) is 6.04. The molecule has 1 N–H and O–H groups in total. The molecule has 0 radical (unpaired) electrons. The van der Waals surface area contributed by atoms with Gasteiger partial charge >= 0.3 is 0 Å². The maximum absolute atomic E-state index is 12.5. The molecule has 1 aliphatic heterocycles. The molecule has 5 nitrogen and oxygen atoms in total. The normalized spacial score (nSPS) is 14.6. The molecular weight excluding hydrogens is 290 g/mol. The number of hydrogen-bond acceptors (Lipinski definition) is 3. The number of nitrogens with one attached hydrogen (secondary N) is 1. The van der Waals surface area contributed by atoms with Crippen molar-refractivity contribution in [2.24, 2.45) is 0 Å². The smallest absolute Gasteiger partial charge is 0.259 e. The Kier molecular flexibility index (Phi) is 3.93. The molecule has 2 heterocycles. The molecule has 1 unspecified atom stereocenters. The molecule has 0 bridgehead atoms. The first-order valence-electron chi connectivity index (χ1n) is 7.38. The molecule has 0 fully saturated rings. The predicted octanol–water partition coefficient (Wildman–Crippen LogP) is 2.21. The van der Waals surface area contributed by atoms with Crippen LogP contribution < -0.4 is 5.32 Å². The van der Waals surface area contributed by atoms with E-state index in [1.54, 1.807) is 31.5 Å². The van der Waals surface area contributed by atoms with E-state index in [9.17, 15) is 9.59 Å². The fraction of sp³-hybridized carbons (Fsp3) is 0.167. The largest absolute Gasteiger partial charge is 0.350 e. The predicted molar refractivity (Wildman–Crippen MR) is 87.2 cm³/mol. The van der Waals surface area contributed by atoms with Crippen LogP contribution in [0, 0.1) is 0 Å². The Morgan fingerprint density at radius 2 is 2.00 bits per heavy atom. The van der Waals surface area contributed by atoms with Crippen LogP contribution in [0.15, 0.2) is 55.4 Å². The van der Waals surface area contributed by atoms with Crippen LogP contribution in [0.25, 0.3) is 5.70 Å². The minimum absolute atomic E-state index is 0.186. The highest BCUT2D eigenvalue weighted by molar-refractivity contribution is 6.10. The van der Waals surface area contributed by atoms with Crippen molar-refractivity contribution >= 4 is 17.5 Å². The van der Waals surface area contributed by atoms with Crippen molar-refractivity contribution in [1.29, 1.82) is 0 Å². The molecule has 1 atom stereocenters. The zero-order valence-electron chi connectivity index (χ0n) is 12.8. The van der Waals surface area contributed by atoms with Crippen molar-refractivity contribution < 1.29 is 9.59 Å². The molecule has 1 aliphatic rings. The number of fused-ring (bicyclic) bond motifs is 1. The molecule has 23 heavy (non-hydrogen) atoms. The maximum atomic E-state index is 12.5. The van der Waals surface area contributed by atoms with E-state index < -0.39 is 6.04 Å². The van der Waals surface area contributed by atoms with Crippen molar-refractivity contribution in [3.8, 4) is 0 Å². The molecule has 1 aromatic carbocycles. The van der Waals surface area contributed by atoms with Gasteiger partial charge in [0.25, 0.3) is 5.91 Å². The standard InChI is InChI=1S/C18H17N3O2/c1-12-15-7-3-4-8-16(15)18(23)21(12)13(2)17(22)20-11-14-6-5-9-19-10-14/h3-10,13H,1,11H2,2H3,(H,20,22).